The molecule has 2 aliphatic heterocycles. The molecule has 2 aromatic carbocycles. The standard InChI is InChI=1S/C34H48B6ClN3O7S/c1-31(2)29(45)42-52(47,48)23-9-12-28-26(16-23)43(18-32(19-49-28)13-3-5-20-15-22(41)8-11-25(20)32)17-21-7-10-24(21)27(6-4-14-50-31)51-30(46)44(33(35,36)37)34(38,39)40/h4,6,8-9,11-12,15-16,21,24,27H,3,5,7,10,13-14,17-19,35-40H2,1-2H3,(H,42,45)/b6-4+/t21-,24+,27-,32-/m0/s1. The first-order chi connectivity index (χ1) is 24.2. The molecule has 272 valence electrons. The number of amides is 2. The van der Waals surface area contributed by atoms with Gasteiger partial charge in [0.2, 0.25) is 0 Å². The van der Waals surface area contributed by atoms with Crippen LogP contribution < -0.4 is 14.4 Å². The predicted molar refractivity (Wildman–Crippen MR) is 220 cm³/mol. The first-order valence-electron chi connectivity index (χ1n) is 18.4. The number of ether oxygens (including phenoxy) is 3. The third kappa shape index (κ3) is 7.83. The average Bonchev–Trinajstić information content (AvgIpc) is 3.16. The van der Waals surface area contributed by atoms with Gasteiger partial charge in [0, 0.05) is 29.4 Å². The average molecular weight is 743 g/mol. The number of rotatable bonds is 3. The van der Waals surface area contributed by atoms with Gasteiger partial charge in [0.25, 0.3) is 15.9 Å². The topological polar surface area (TPSA) is 114 Å². The number of carbonyl (C=O) groups is 2. The van der Waals surface area contributed by atoms with Crippen molar-refractivity contribution in [1.29, 1.82) is 0 Å². The minimum Gasteiger partial charge on any atom is -0.490 e. The Morgan fingerprint density at radius 3 is 2.48 bits per heavy atom. The molecule has 1 saturated carbocycles. The van der Waals surface area contributed by atoms with Crippen LogP contribution in [-0.2, 0) is 36.1 Å². The van der Waals surface area contributed by atoms with Crippen molar-refractivity contribution in [2.45, 2.75) is 78.4 Å². The summed E-state index contributed by atoms with van der Waals surface area (Å²) in [5.74, 6) is -0.0842. The summed E-state index contributed by atoms with van der Waals surface area (Å²) in [7, 11) is 7.76. The number of nitrogens with one attached hydrogen (secondary N) is 1. The summed E-state index contributed by atoms with van der Waals surface area (Å²) in [6.07, 6.45) is 7.25. The molecule has 2 amide bonds. The number of fused-ring (bicyclic) bond motifs is 4. The molecule has 0 aromatic heterocycles. The number of hydrogen-bond donors (Lipinski definition) is 1. The third-order valence-corrected chi connectivity index (χ3v) is 12.6. The summed E-state index contributed by atoms with van der Waals surface area (Å²) in [5.41, 5.74) is 1.23. The SMILES string of the molecule is BC(B)(B)N(C(=O)O[C@H]1/C=C/COC(C)(C)C(=O)NS(=O)(=O)c2ccc3c(c2)N(C[C@@H]2CC[C@H]21)C[C@@]1(CCCc2cc(Cl)ccc21)CO3)C(B)(B)B. The van der Waals surface area contributed by atoms with Gasteiger partial charge >= 0.3 is 6.09 Å². The Hall–Kier alpha value is -2.89. The monoisotopic (exact) mass is 743 g/mol. The highest BCUT2D eigenvalue weighted by Crippen LogP contribution is 2.47. The number of aryl methyl sites for hydroxylation is 1. The molecule has 6 rings (SSSR count). The molecular weight excluding hydrogens is 695 g/mol. The molecule has 4 aliphatic rings. The minimum atomic E-state index is -4.25. The van der Waals surface area contributed by atoms with Gasteiger partial charge in [-0.2, -0.15) is 0 Å². The molecule has 0 radical (unpaired) electrons. The van der Waals surface area contributed by atoms with Gasteiger partial charge in [-0.05, 0) is 110 Å². The molecule has 4 atom stereocenters. The van der Waals surface area contributed by atoms with Crippen LogP contribution in [0.1, 0.15) is 50.7 Å². The lowest BCUT2D eigenvalue weighted by atomic mass is 9.41. The first-order valence-corrected chi connectivity index (χ1v) is 20.3. The fourth-order valence-electron chi connectivity index (χ4n) is 8.61. The van der Waals surface area contributed by atoms with Gasteiger partial charge in [-0.25, -0.2) is 17.9 Å². The second-order valence-electron chi connectivity index (χ2n) is 17.4. The van der Waals surface area contributed by atoms with Crippen LogP contribution in [0.15, 0.2) is 53.4 Å². The zero-order valence-corrected chi connectivity index (χ0v) is 33.3. The number of sulfonamides is 1. The van der Waals surface area contributed by atoms with Gasteiger partial charge in [-0.1, -0.05) is 23.7 Å². The van der Waals surface area contributed by atoms with Crippen LogP contribution in [-0.4, -0.2) is 121 Å². The summed E-state index contributed by atoms with van der Waals surface area (Å²) in [6, 6.07) is 10.9. The molecule has 2 heterocycles. The van der Waals surface area contributed by atoms with Crippen molar-refractivity contribution in [3.8, 4) is 5.75 Å². The molecule has 2 aliphatic carbocycles. The van der Waals surface area contributed by atoms with Crippen molar-refractivity contribution in [3.63, 3.8) is 0 Å². The Bertz CT molecular complexity index is 1860. The Labute approximate surface area is 319 Å². The van der Waals surface area contributed by atoms with E-state index >= 15 is 0 Å². The van der Waals surface area contributed by atoms with Crippen molar-refractivity contribution in [3.05, 3.63) is 64.7 Å². The summed E-state index contributed by atoms with van der Waals surface area (Å²) in [6.45, 7) is 4.68. The second kappa shape index (κ2) is 14.1. The fraction of sp³-hybridized carbons (Fsp3) is 0.529. The van der Waals surface area contributed by atoms with Crippen LogP contribution in [0.3, 0.4) is 0 Å². The Morgan fingerprint density at radius 1 is 1.08 bits per heavy atom. The second-order valence-corrected chi connectivity index (χ2v) is 19.6. The fourth-order valence-corrected chi connectivity index (χ4v) is 9.92. The van der Waals surface area contributed by atoms with E-state index in [2.05, 4.69) is 21.8 Å². The van der Waals surface area contributed by atoms with Crippen LogP contribution in [0, 0.1) is 11.8 Å². The lowest BCUT2D eigenvalue weighted by molar-refractivity contribution is -0.139. The third-order valence-electron chi connectivity index (χ3n) is 11.1. The zero-order chi connectivity index (χ0) is 37.9. The van der Waals surface area contributed by atoms with Gasteiger partial charge in [0.1, 0.15) is 64.5 Å². The molecule has 1 fully saturated rings. The molecule has 18 heteroatoms. The van der Waals surface area contributed by atoms with Crippen LogP contribution in [0.25, 0.3) is 0 Å². The highest BCUT2D eigenvalue weighted by Gasteiger charge is 2.46. The van der Waals surface area contributed by atoms with Crippen LogP contribution in [0.4, 0.5) is 10.5 Å². The predicted octanol–water partition coefficient (Wildman–Crippen LogP) is -1.16. The van der Waals surface area contributed by atoms with Crippen molar-refractivity contribution in [1.82, 2.24) is 9.62 Å². The highest BCUT2D eigenvalue weighted by molar-refractivity contribution is 7.90. The number of halogens is 1. The summed E-state index contributed by atoms with van der Waals surface area (Å²) >= 11 is 6.46. The van der Waals surface area contributed by atoms with E-state index < -0.39 is 44.2 Å². The molecule has 1 N–H and O–H groups in total. The van der Waals surface area contributed by atoms with Crippen LogP contribution in [0.2, 0.25) is 5.02 Å². The summed E-state index contributed by atoms with van der Waals surface area (Å²) < 4.78 is 48.6. The van der Waals surface area contributed by atoms with Gasteiger partial charge < -0.3 is 24.0 Å². The molecule has 2 aromatic rings. The smallest absolute Gasteiger partial charge is 0.407 e. The van der Waals surface area contributed by atoms with E-state index in [1.807, 2.05) is 59.2 Å². The van der Waals surface area contributed by atoms with E-state index in [1.165, 1.54) is 31.0 Å². The number of nitrogens with zero attached hydrogens (tertiary/aromatic N) is 2. The van der Waals surface area contributed by atoms with Crippen molar-refractivity contribution in [2.24, 2.45) is 11.8 Å². The van der Waals surface area contributed by atoms with Crippen LogP contribution >= 0.6 is 11.6 Å². The normalized spacial score (nSPS) is 27.7. The maximum absolute atomic E-state index is 14.0. The molecule has 0 saturated heterocycles. The zero-order valence-electron chi connectivity index (χ0n) is 31.8. The quantitative estimate of drug-likeness (QED) is 0.310. The van der Waals surface area contributed by atoms with E-state index in [0.29, 0.717) is 36.2 Å². The maximum atomic E-state index is 14.0. The van der Waals surface area contributed by atoms with Crippen molar-refractivity contribution >= 4 is 86.4 Å². The van der Waals surface area contributed by atoms with Gasteiger partial charge in [-0.3, -0.25) is 4.79 Å². The Morgan fingerprint density at radius 2 is 1.81 bits per heavy atom. The van der Waals surface area contributed by atoms with E-state index in [1.54, 1.807) is 23.1 Å². The van der Waals surface area contributed by atoms with E-state index in [9.17, 15) is 18.0 Å². The number of benzene rings is 2. The number of hydrogen-bond acceptors (Lipinski definition) is 8. The number of anilines is 1. The van der Waals surface area contributed by atoms with E-state index in [4.69, 9.17) is 25.8 Å². The largest absolute Gasteiger partial charge is 0.490 e. The number of carbonyl (C=O) groups excluding carboxylic acids is 2. The molecule has 2 bridgehead atoms. The summed E-state index contributed by atoms with van der Waals surface area (Å²) in [4.78, 5) is 31.4. The summed E-state index contributed by atoms with van der Waals surface area (Å²) in [5, 5.41) is -0.273. The molecule has 10 nitrogen and oxygen atoms in total. The minimum absolute atomic E-state index is 0.000799. The maximum Gasteiger partial charge on any atom is 0.407 e. The lowest BCUT2D eigenvalue weighted by Gasteiger charge is -2.48. The lowest BCUT2D eigenvalue weighted by Crippen LogP contribution is -2.66. The molecule has 52 heavy (non-hydrogen) atoms. The van der Waals surface area contributed by atoms with Crippen LogP contribution in [0.5, 0.6) is 5.75 Å². The van der Waals surface area contributed by atoms with E-state index in [-0.39, 0.29) is 28.8 Å². The highest BCUT2D eigenvalue weighted by atomic mass is 35.5. The van der Waals surface area contributed by atoms with E-state index in [0.717, 1.165) is 32.1 Å². The molecule has 0 unspecified atom stereocenters. The van der Waals surface area contributed by atoms with Gasteiger partial charge in [-0.15, -0.1) is 0 Å². The van der Waals surface area contributed by atoms with Gasteiger partial charge in [0.05, 0.1) is 23.8 Å². The molecule has 1 spiro atoms. The molecular formula is C34H48B6ClN3O7S. The van der Waals surface area contributed by atoms with Gasteiger partial charge in [0.15, 0.2) is 0 Å². The Kier molecular flexibility index (Phi) is 10.5. The van der Waals surface area contributed by atoms with Crippen molar-refractivity contribution in [2.75, 3.05) is 31.2 Å². The Balaban J connectivity index is 1.43. The van der Waals surface area contributed by atoms with Crippen molar-refractivity contribution < 1.29 is 32.2 Å². The first kappa shape index (κ1) is 38.8.